The third-order valence-electron chi connectivity index (χ3n) is 5.89. The van der Waals surface area contributed by atoms with Crippen molar-refractivity contribution < 1.29 is 27.5 Å². The van der Waals surface area contributed by atoms with Crippen LogP contribution in [0.25, 0.3) is 0 Å². The van der Waals surface area contributed by atoms with Crippen LogP contribution in [0.1, 0.15) is 28.8 Å². The molecule has 0 bridgehead atoms. The Morgan fingerprint density at radius 3 is 2.50 bits per heavy atom. The lowest BCUT2D eigenvalue weighted by Gasteiger charge is -2.31. The van der Waals surface area contributed by atoms with Crippen LogP contribution in [0.5, 0.6) is 5.75 Å². The Morgan fingerprint density at radius 1 is 1.12 bits per heavy atom. The fourth-order valence-corrected chi connectivity index (χ4v) is 4.64. The van der Waals surface area contributed by atoms with Crippen LogP contribution in [0.3, 0.4) is 0 Å². The highest BCUT2D eigenvalue weighted by molar-refractivity contribution is 7.89. The van der Waals surface area contributed by atoms with Crippen molar-refractivity contribution in [1.82, 2.24) is 14.7 Å². The molecule has 0 saturated carbocycles. The number of benzene rings is 2. The van der Waals surface area contributed by atoms with E-state index in [0.29, 0.717) is 24.8 Å². The molecule has 0 radical (unpaired) electrons. The van der Waals surface area contributed by atoms with E-state index in [2.05, 4.69) is 17.3 Å². The van der Waals surface area contributed by atoms with Crippen molar-refractivity contribution in [3.63, 3.8) is 0 Å². The molecule has 1 fully saturated rings. The Labute approximate surface area is 201 Å². The molecular weight excluding hydrogens is 458 g/mol. The summed E-state index contributed by atoms with van der Waals surface area (Å²) in [5, 5.41) is 2.85. The van der Waals surface area contributed by atoms with Crippen molar-refractivity contribution in [3.05, 3.63) is 59.7 Å². The number of ether oxygens (including phenoxy) is 2. The predicted octanol–water partition coefficient (Wildman–Crippen LogP) is 2.29. The third kappa shape index (κ3) is 7.00. The van der Waals surface area contributed by atoms with Crippen LogP contribution in [0, 0.1) is 0 Å². The van der Waals surface area contributed by atoms with Crippen LogP contribution >= 0.6 is 0 Å². The van der Waals surface area contributed by atoms with E-state index in [1.807, 2.05) is 24.3 Å². The molecule has 1 N–H and O–H groups in total. The lowest BCUT2D eigenvalue weighted by atomic mass is 10.1. The lowest BCUT2D eigenvalue weighted by Crippen LogP contribution is -2.38. The second-order valence-electron chi connectivity index (χ2n) is 8.12. The fourth-order valence-electron chi connectivity index (χ4n) is 3.67. The first-order valence-corrected chi connectivity index (χ1v) is 12.7. The minimum Gasteiger partial charge on any atom is -0.492 e. The molecule has 1 saturated heterocycles. The monoisotopic (exact) mass is 491 g/mol. The minimum atomic E-state index is -3.75. The Bertz CT molecular complexity index is 1040. The van der Waals surface area contributed by atoms with Crippen molar-refractivity contribution >= 4 is 15.9 Å². The zero-order chi connectivity index (χ0) is 24.6. The van der Waals surface area contributed by atoms with Gasteiger partial charge in [0.05, 0.1) is 12.0 Å². The summed E-state index contributed by atoms with van der Waals surface area (Å²) >= 11 is 0. The second kappa shape index (κ2) is 12.3. The number of nitrogens with one attached hydrogen (secondary N) is 1. The number of rotatable bonds is 11. The molecule has 2 aromatic carbocycles. The Kier molecular flexibility index (Phi) is 9.43. The maximum absolute atomic E-state index is 12.5. The van der Waals surface area contributed by atoms with Crippen molar-refractivity contribution in [2.75, 3.05) is 47.6 Å². The molecule has 2 aromatic rings. The molecule has 9 nitrogen and oxygen atoms in total. The zero-order valence-electron chi connectivity index (χ0n) is 19.9. The van der Waals surface area contributed by atoms with Gasteiger partial charge >= 0.3 is 0 Å². The summed E-state index contributed by atoms with van der Waals surface area (Å²) in [7, 11) is 0.933. The Morgan fingerprint density at radius 2 is 1.82 bits per heavy atom. The highest BCUT2D eigenvalue weighted by atomic mass is 32.2. The molecule has 34 heavy (non-hydrogen) atoms. The van der Waals surface area contributed by atoms with Gasteiger partial charge in [0.1, 0.15) is 12.4 Å². The number of carbonyl (C=O) groups excluding carboxylic acids is 1. The first kappa shape index (κ1) is 26.1. The number of amides is 1. The first-order valence-electron chi connectivity index (χ1n) is 11.2. The molecule has 0 atom stereocenters. The molecule has 0 aromatic heterocycles. The normalized spacial score (nSPS) is 15.0. The maximum Gasteiger partial charge on any atom is 0.264 e. The minimum absolute atomic E-state index is 0.0423. The van der Waals surface area contributed by atoms with Crippen LogP contribution in [0.2, 0.25) is 0 Å². The SMILES string of the molecule is CON(C)S(=O)(=O)c1ccc(C(=O)NCc2cccc(OCCN(C)C3CCOCC3)c2)cc1. The summed E-state index contributed by atoms with van der Waals surface area (Å²) in [6, 6.07) is 13.9. The molecule has 1 amide bonds. The molecule has 0 aliphatic carbocycles. The van der Waals surface area contributed by atoms with Gasteiger partial charge in [-0.15, -0.1) is 0 Å². The Hall–Kier alpha value is -2.50. The number of hydrogen-bond acceptors (Lipinski definition) is 7. The molecule has 186 valence electrons. The van der Waals surface area contributed by atoms with Crippen LogP contribution in [-0.4, -0.2) is 77.3 Å². The number of carbonyl (C=O) groups is 1. The average molecular weight is 492 g/mol. The lowest BCUT2D eigenvalue weighted by molar-refractivity contribution is -0.0258. The first-order chi connectivity index (χ1) is 16.3. The van der Waals surface area contributed by atoms with E-state index in [9.17, 15) is 13.2 Å². The van der Waals surface area contributed by atoms with Crippen LogP contribution in [0.15, 0.2) is 53.4 Å². The van der Waals surface area contributed by atoms with Gasteiger partial charge in [-0.2, -0.15) is 0 Å². The quantitative estimate of drug-likeness (QED) is 0.482. The molecule has 10 heteroatoms. The highest BCUT2D eigenvalue weighted by Gasteiger charge is 2.21. The van der Waals surface area contributed by atoms with Crippen molar-refractivity contribution in [1.29, 1.82) is 0 Å². The van der Waals surface area contributed by atoms with Gasteiger partial charge in [-0.25, -0.2) is 8.42 Å². The van der Waals surface area contributed by atoms with E-state index in [0.717, 1.165) is 48.4 Å². The van der Waals surface area contributed by atoms with Gasteiger partial charge in [0.15, 0.2) is 0 Å². The number of sulfonamides is 1. The van der Waals surface area contributed by atoms with E-state index in [1.165, 1.54) is 38.4 Å². The number of nitrogens with zero attached hydrogens (tertiary/aromatic N) is 2. The molecule has 3 rings (SSSR count). The molecule has 0 unspecified atom stereocenters. The van der Waals surface area contributed by atoms with Gasteiger partial charge in [0.25, 0.3) is 15.9 Å². The van der Waals surface area contributed by atoms with Crippen LogP contribution in [0.4, 0.5) is 0 Å². The van der Waals surface area contributed by atoms with Crippen molar-refractivity contribution in [2.45, 2.75) is 30.3 Å². The van der Waals surface area contributed by atoms with Gasteiger partial charge in [-0.3, -0.25) is 14.5 Å². The zero-order valence-corrected chi connectivity index (χ0v) is 20.7. The fraction of sp³-hybridized carbons (Fsp3) is 0.458. The Balaban J connectivity index is 1.49. The topological polar surface area (TPSA) is 97.4 Å². The largest absolute Gasteiger partial charge is 0.492 e. The number of hydrogen-bond donors (Lipinski definition) is 1. The van der Waals surface area contributed by atoms with E-state index in [1.54, 1.807) is 0 Å². The highest BCUT2D eigenvalue weighted by Crippen LogP contribution is 2.17. The molecule has 1 heterocycles. The maximum atomic E-state index is 12.5. The summed E-state index contributed by atoms with van der Waals surface area (Å²) in [5.41, 5.74) is 1.27. The van der Waals surface area contributed by atoms with Gasteiger partial charge in [-0.1, -0.05) is 16.6 Å². The van der Waals surface area contributed by atoms with Gasteiger partial charge in [0, 0.05) is 45.0 Å². The van der Waals surface area contributed by atoms with E-state index in [-0.39, 0.29) is 10.8 Å². The van der Waals surface area contributed by atoms with Gasteiger partial charge in [0.2, 0.25) is 0 Å². The van der Waals surface area contributed by atoms with E-state index >= 15 is 0 Å². The van der Waals surface area contributed by atoms with E-state index < -0.39 is 10.0 Å². The third-order valence-corrected chi connectivity index (χ3v) is 7.58. The number of hydroxylamine groups is 1. The summed E-state index contributed by atoms with van der Waals surface area (Å²) in [6.45, 7) is 3.37. The molecule has 0 spiro atoms. The smallest absolute Gasteiger partial charge is 0.264 e. The summed E-state index contributed by atoms with van der Waals surface area (Å²) in [4.78, 5) is 19.6. The summed E-state index contributed by atoms with van der Waals surface area (Å²) in [5.74, 6) is 0.456. The van der Waals surface area contributed by atoms with Crippen LogP contribution in [-0.2, 0) is 26.1 Å². The predicted molar refractivity (Wildman–Crippen MR) is 128 cm³/mol. The van der Waals surface area contributed by atoms with E-state index in [4.69, 9.17) is 14.3 Å². The van der Waals surface area contributed by atoms with Gasteiger partial charge < -0.3 is 14.8 Å². The molecular formula is C24H33N3O6S. The number of likely N-dealkylation sites (N-methyl/N-ethyl adjacent to an activating group) is 1. The van der Waals surface area contributed by atoms with Crippen LogP contribution < -0.4 is 10.1 Å². The summed E-state index contributed by atoms with van der Waals surface area (Å²) < 4.78 is 36.6. The average Bonchev–Trinajstić information content (AvgIpc) is 2.87. The summed E-state index contributed by atoms with van der Waals surface area (Å²) in [6.07, 6.45) is 2.10. The second-order valence-corrected chi connectivity index (χ2v) is 10.1. The standard InChI is InChI=1S/C24H33N3O6S/c1-26(21-11-14-32-15-12-21)13-16-33-22-6-4-5-19(17-22)18-25-24(28)20-7-9-23(10-8-20)34(29,30)27(2)31-3/h4-10,17,21H,11-16,18H2,1-3H3,(H,25,28). The van der Waals surface area contributed by atoms with Gasteiger partial charge in [-0.05, 0) is 61.9 Å². The molecule has 1 aliphatic heterocycles. The van der Waals surface area contributed by atoms with Crippen molar-refractivity contribution in [3.8, 4) is 5.75 Å². The van der Waals surface area contributed by atoms with Crippen molar-refractivity contribution in [2.24, 2.45) is 0 Å². The molecule has 1 aliphatic rings.